The first-order chi connectivity index (χ1) is 8.09. The van der Waals surface area contributed by atoms with E-state index in [1.165, 1.54) is 6.92 Å². The van der Waals surface area contributed by atoms with E-state index < -0.39 is 6.17 Å². The van der Waals surface area contributed by atoms with Crippen LogP contribution in [0.1, 0.15) is 13.8 Å². The van der Waals surface area contributed by atoms with E-state index in [1.807, 2.05) is 30.3 Å². The summed E-state index contributed by atoms with van der Waals surface area (Å²) in [4.78, 5) is 28.3. The Kier molecular flexibility index (Phi) is 2.91. The Morgan fingerprint density at radius 3 is 2.59 bits per heavy atom. The van der Waals surface area contributed by atoms with Crippen LogP contribution in [0.25, 0.3) is 0 Å². The minimum absolute atomic E-state index is 0.255. The zero-order valence-corrected chi connectivity index (χ0v) is 9.68. The summed E-state index contributed by atoms with van der Waals surface area (Å²) in [5, 5.41) is 2.59. The molecular weight excluding hydrogens is 218 g/mol. The Morgan fingerprint density at radius 2 is 2.00 bits per heavy atom. The Labute approximate surface area is 99.1 Å². The van der Waals surface area contributed by atoms with E-state index in [9.17, 15) is 9.59 Å². The molecule has 0 radical (unpaired) electrons. The van der Waals surface area contributed by atoms with Crippen molar-refractivity contribution in [2.45, 2.75) is 20.0 Å². The molecular formula is C12H13N3O2. The highest BCUT2D eigenvalue weighted by atomic mass is 16.2. The van der Waals surface area contributed by atoms with Crippen LogP contribution in [0, 0.1) is 0 Å². The van der Waals surface area contributed by atoms with Gasteiger partial charge < -0.3 is 10.2 Å². The van der Waals surface area contributed by atoms with Gasteiger partial charge in [-0.1, -0.05) is 18.2 Å². The molecule has 1 aromatic carbocycles. The summed E-state index contributed by atoms with van der Waals surface area (Å²) in [6.07, 6.45) is -0.727. The molecule has 88 valence electrons. The fourth-order valence-corrected chi connectivity index (χ4v) is 1.82. The second-order valence-electron chi connectivity index (χ2n) is 3.81. The molecule has 0 saturated carbocycles. The summed E-state index contributed by atoms with van der Waals surface area (Å²) < 4.78 is 0. The van der Waals surface area contributed by atoms with E-state index in [-0.39, 0.29) is 11.8 Å². The van der Waals surface area contributed by atoms with Gasteiger partial charge in [-0.15, -0.1) is 0 Å². The fourth-order valence-electron chi connectivity index (χ4n) is 1.82. The molecule has 0 unspecified atom stereocenters. The largest absolute Gasteiger partial charge is 0.328 e. The number of carbonyl (C=O) groups excluding carboxylic acids is 2. The van der Waals surface area contributed by atoms with Gasteiger partial charge in [0.1, 0.15) is 5.84 Å². The molecule has 0 aromatic heterocycles. The third-order valence-corrected chi connectivity index (χ3v) is 2.49. The number of rotatable bonds is 2. The zero-order chi connectivity index (χ0) is 12.4. The molecule has 1 atom stereocenters. The van der Waals surface area contributed by atoms with E-state index >= 15 is 0 Å². The van der Waals surface area contributed by atoms with E-state index in [4.69, 9.17) is 0 Å². The monoisotopic (exact) mass is 231 g/mol. The lowest BCUT2D eigenvalue weighted by Gasteiger charge is -2.25. The normalized spacial score (nSPS) is 19.2. The van der Waals surface area contributed by atoms with Crippen molar-refractivity contribution in [2.24, 2.45) is 4.99 Å². The van der Waals surface area contributed by atoms with Crippen LogP contribution in [0.5, 0.6) is 0 Å². The third kappa shape index (κ3) is 2.18. The maximum atomic E-state index is 11.7. The van der Waals surface area contributed by atoms with E-state index in [2.05, 4.69) is 10.3 Å². The van der Waals surface area contributed by atoms with Crippen molar-refractivity contribution in [1.82, 2.24) is 5.32 Å². The van der Waals surface area contributed by atoms with Crippen LogP contribution in [-0.2, 0) is 9.59 Å². The zero-order valence-electron chi connectivity index (χ0n) is 9.68. The van der Waals surface area contributed by atoms with Crippen molar-refractivity contribution < 1.29 is 9.59 Å². The van der Waals surface area contributed by atoms with Crippen molar-refractivity contribution in [3.05, 3.63) is 30.3 Å². The van der Waals surface area contributed by atoms with E-state index in [1.54, 1.807) is 11.8 Å². The highest BCUT2D eigenvalue weighted by Gasteiger charge is 2.34. The van der Waals surface area contributed by atoms with E-state index in [0.717, 1.165) is 5.69 Å². The molecule has 1 aliphatic heterocycles. The van der Waals surface area contributed by atoms with Gasteiger partial charge in [-0.3, -0.25) is 9.59 Å². The van der Waals surface area contributed by atoms with Crippen LogP contribution in [-0.4, -0.2) is 23.8 Å². The molecule has 2 amide bonds. The Hall–Kier alpha value is -2.17. The van der Waals surface area contributed by atoms with Crippen LogP contribution in [0.15, 0.2) is 35.3 Å². The number of aliphatic imine (C=N–C) groups is 1. The topological polar surface area (TPSA) is 61.8 Å². The summed E-state index contributed by atoms with van der Waals surface area (Å²) in [5.41, 5.74) is 0.832. The molecule has 0 fully saturated rings. The van der Waals surface area contributed by atoms with Crippen LogP contribution in [0.4, 0.5) is 5.69 Å². The average molecular weight is 231 g/mol. The molecule has 2 rings (SSSR count). The number of benzene rings is 1. The third-order valence-electron chi connectivity index (χ3n) is 2.49. The molecule has 0 spiro atoms. The summed E-state index contributed by atoms with van der Waals surface area (Å²) in [6.45, 7) is 3.12. The number of nitrogens with one attached hydrogen (secondary N) is 1. The highest BCUT2D eigenvalue weighted by Crippen LogP contribution is 2.21. The van der Waals surface area contributed by atoms with Gasteiger partial charge in [0.25, 0.3) is 5.91 Å². The number of hydrogen-bond donors (Lipinski definition) is 1. The van der Waals surface area contributed by atoms with Crippen molar-refractivity contribution in [3.8, 4) is 0 Å². The first-order valence-corrected chi connectivity index (χ1v) is 5.30. The summed E-state index contributed by atoms with van der Waals surface area (Å²) in [5.74, 6) is -0.0179. The number of anilines is 1. The molecule has 1 heterocycles. The van der Waals surface area contributed by atoms with E-state index in [0.29, 0.717) is 5.84 Å². The predicted molar refractivity (Wildman–Crippen MR) is 64.6 cm³/mol. The number of para-hydroxylation sites is 1. The summed E-state index contributed by atoms with van der Waals surface area (Å²) >= 11 is 0. The molecule has 1 aromatic rings. The number of hydrogen-bond acceptors (Lipinski definition) is 3. The average Bonchev–Trinajstić information content (AvgIpc) is 2.54. The number of amides is 2. The van der Waals surface area contributed by atoms with Gasteiger partial charge in [0.05, 0.1) is 0 Å². The molecule has 0 aliphatic carbocycles. The first kappa shape index (κ1) is 11.3. The molecule has 5 nitrogen and oxygen atoms in total. The lowest BCUT2D eigenvalue weighted by molar-refractivity contribution is -0.125. The van der Waals surface area contributed by atoms with Crippen LogP contribution in [0.3, 0.4) is 0 Å². The van der Waals surface area contributed by atoms with Gasteiger partial charge in [-0.05, 0) is 19.1 Å². The molecule has 0 saturated heterocycles. The first-order valence-electron chi connectivity index (χ1n) is 5.30. The Balaban J connectivity index is 2.33. The molecule has 17 heavy (non-hydrogen) atoms. The van der Waals surface area contributed by atoms with Gasteiger partial charge in [0.2, 0.25) is 5.91 Å². The minimum atomic E-state index is -0.727. The molecule has 5 heteroatoms. The fraction of sp³-hybridized carbons (Fsp3) is 0.250. The van der Waals surface area contributed by atoms with Crippen LogP contribution >= 0.6 is 0 Å². The number of nitrogens with zero attached hydrogens (tertiary/aromatic N) is 2. The van der Waals surface area contributed by atoms with Gasteiger partial charge in [-0.2, -0.15) is 4.99 Å². The van der Waals surface area contributed by atoms with Crippen LogP contribution in [0.2, 0.25) is 0 Å². The van der Waals surface area contributed by atoms with Crippen molar-refractivity contribution in [1.29, 1.82) is 0 Å². The minimum Gasteiger partial charge on any atom is -0.328 e. The van der Waals surface area contributed by atoms with Crippen LogP contribution < -0.4 is 10.2 Å². The lowest BCUT2D eigenvalue weighted by atomic mass is 10.2. The summed E-state index contributed by atoms with van der Waals surface area (Å²) in [7, 11) is 0. The highest BCUT2D eigenvalue weighted by molar-refractivity contribution is 6.14. The standard InChI is InChI=1S/C12H13N3O2/c1-8-13-12(17)11(14-9(2)16)15(8)10-6-4-3-5-7-10/h3-7,11H,1-2H3,(H,14,16)/t11-/m1/s1. The Bertz CT molecular complexity index is 482. The second kappa shape index (κ2) is 4.37. The maximum absolute atomic E-state index is 11.7. The van der Waals surface area contributed by atoms with Gasteiger partial charge in [0.15, 0.2) is 6.17 Å². The summed E-state index contributed by atoms with van der Waals surface area (Å²) in [6, 6.07) is 9.37. The number of carbonyl (C=O) groups is 2. The van der Waals surface area contributed by atoms with Gasteiger partial charge in [-0.25, -0.2) is 0 Å². The van der Waals surface area contributed by atoms with Crippen molar-refractivity contribution in [2.75, 3.05) is 4.90 Å². The van der Waals surface area contributed by atoms with Gasteiger partial charge in [0, 0.05) is 12.6 Å². The van der Waals surface area contributed by atoms with Gasteiger partial charge >= 0.3 is 0 Å². The lowest BCUT2D eigenvalue weighted by Crippen LogP contribution is -2.49. The smallest absolute Gasteiger partial charge is 0.291 e. The van der Waals surface area contributed by atoms with Crippen molar-refractivity contribution >= 4 is 23.3 Å². The van der Waals surface area contributed by atoms with Crippen molar-refractivity contribution in [3.63, 3.8) is 0 Å². The number of amidine groups is 1. The Morgan fingerprint density at radius 1 is 1.35 bits per heavy atom. The molecule has 0 bridgehead atoms. The second-order valence-corrected chi connectivity index (χ2v) is 3.81. The molecule has 1 N–H and O–H groups in total. The molecule has 1 aliphatic rings. The maximum Gasteiger partial charge on any atom is 0.291 e. The SMILES string of the molecule is CC(=O)N[C@H]1C(=O)N=C(C)N1c1ccccc1. The quantitative estimate of drug-likeness (QED) is 0.823. The predicted octanol–water partition coefficient (Wildman–Crippen LogP) is 0.914.